The molecular formula is C41H38F2N6O5S. The monoisotopic (exact) mass is 764 g/mol. The molecule has 3 heterocycles. The number of benzene rings is 4. The summed E-state index contributed by atoms with van der Waals surface area (Å²) in [5.74, 6) is -0.229. The number of nitrogens with zero attached hydrogens (tertiary/aromatic N) is 5. The standard InChI is InChI=1S/C41H38F2N6O5S/c1-26-21-30(24-48(22-26)41(50)53-25-28-9-4-3-5-10-28)46-40-45-20-18-36(47-40)33-12-8-19-44-39(33)54-38-27(2)14-15-31-32(38)16-17-35(43)37(31)49(55(51)52)23-29-11-6-7-13-34(29)42/h3-20,26,30H,21-25H2,1-2H3,(H,51,52)(H,45,46,47)/t26-,30+/m1/s1. The zero-order valence-electron chi connectivity index (χ0n) is 30.1. The molecule has 1 fully saturated rings. The number of nitrogens with one attached hydrogen (secondary N) is 1. The van der Waals surface area contributed by atoms with Crippen LogP contribution >= 0.6 is 0 Å². The quantitative estimate of drug-likeness (QED) is 0.125. The van der Waals surface area contributed by atoms with Crippen LogP contribution in [0.15, 0.2) is 109 Å². The molecule has 3 atom stereocenters. The highest BCUT2D eigenvalue weighted by Gasteiger charge is 2.30. The van der Waals surface area contributed by atoms with Gasteiger partial charge < -0.3 is 19.7 Å². The van der Waals surface area contributed by atoms with Crippen molar-refractivity contribution in [2.75, 3.05) is 22.7 Å². The third-order valence-electron chi connectivity index (χ3n) is 9.34. The molecule has 1 unspecified atom stereocenters. The van der Waals surface area contributed by atoms with Gasteiger partial charge in [-0.2, -0.15) is 0 Å². The Kier molecular flexibility index (Phi) is 11.2. The summed E-state index contributed by atoms with van der Waals surface area (Å²) in [6.45, 7) is 4.72. The molecule has 55 heavy (non-hydrogen) atoms. The van der Waals surface area contributed by atoms with Crippen molar-refractivity contribution < 1.29 is 31.8 Å². The molecule has 1 amide bonds. The van der Waals surface area contributed by atoms with Gasteiger partial charge in [0.25, 0.3) is 11.3 Å². The highest BCUT2D eigenvalue weighted by molar-refractivity contribution is 7.80. The number of carbonyl (C=O) groups is 1. The van der Waals surface area contributed by atoms with Gasteiger partial charge in [-0.05, 0) is 66.8 Å². The molecule has 282 valence electrons. The van der Waals surface area contributed by atoms with Gasteiger partial charge in [-0.3, -0.25) is 8.86 Å². The van der Waals surface area contributed by atoms with E-state index in [1.54, 1.807) is 53.7 Å². The summed E-state index contributed by atoms with van der Waals surface area (Å²) in [5.41, 5.74) is 2.61. The maximum atomic E-state index is 15.6. The predicted octanol–water partition coefficient (Wildman–Crippen LogP) is 8.67. The van der Waals surface area contributed by atoms with Crippen LogP contribution in [0.25, 0.3) is 22.0 Å². The van der Waals surface area contributed by atoms with E-state index in [4.69, 9.17) is 14.5 Å². The first-order valence-corrected chi connectivity index (χ1v) is 18.7. The van der Waals surface area contributed by atoms with E-state index in [1.165, 1.54) is 30.3 Å². The molecule has 1 saturated heterocycles. The lowest BCUT2D eigenvalue weighted by molar-refractivity contribution is 0.0783. The predicted molar refractivity (Wildman–Crippen MR) is 207 cm³/mol. The highest BCUT2D eigenvalue weighted by Crippen LogP contribution is 2.41. The summed E-state index contributed by atoms with van der Waals surface area (Å²) in [4.78, 5) is 28.5. The zero-order valence-corrected chi connectivity index (χ0v) is 30.9. The first-order chi connectivity index (χ1) is 26.6. The number of fused-ring (bicyclic) bond motifs is 1. The molecule has 1 aliphatic rings. The topological polar surface area (TPSA) is 130 Å². The van der Waals surface area contributed by atoms with E-state index in [9.17, 15) is 17.9 Å². The number of amides is 1. The molecule has 0 spiro atoms. The van der Waals surface area contributed by atoms with Gasteiger partial charge in [0.2, 0.25) is 11.8 Å². The van der Waals surface area contributed by atoms with Gasteiger partial charge in [0, 0.05) is 47.9 Å². The zero-order chi connectivity index (χ0) is 38.5. The fraction of sp³-hybridized carbons (Fsp3) is 0.220. The summed E-state index contributed by atoms with van der Waals surface area (Å²) in [6, 6.07) is 26.6. The van der Waals surface area contributed by atoms with E-state index in [1.807, 2.05) is 37.3 Å². The summed E-state index contributed by atoms with van der Waals surface area (Å²) >= 11 is -2.70. The summed E-state index contributed by atoms with van der Waals surface area (Å²) in [6.07, 6.45) is 3.61. The Morgan fingerprint density at radius 3 is 2.51 bits per heavy atom. The van der Waals surface area contributed by atoms with Crippen LogP contribution in [0.2, 0.25) is 0 Å². The number of aryl methyl sites for hydroxylation is 1. The average molecular weight is 765 g/mol. The molecule has 6 aromatic rings. The van der Waals surface area contributed by atoms with Gasteiger partial charge in [0.1, 0.15) is 24.0 Å². The number of ether oxygens (including phenoxy) is 2. The van der Waals surface area contributed by atoms with Gasteiger partial charge in [-0.25, -0.2) is 32.7 Å². The molecular weight excluding hydrogens is 727 g/mol. The summed E-state index contributed by atoms with van der Waals surface area (Å²) < 4.78 is 66.1. The van der Waals surface area contributed by atoms with Crippen molar-refractivity contribution in [3.05, 3.63) is 138 Å². The van der Waals surface area contributed by atoms with E-state index in [2.05, 4.69) is 22.2 Å². The van der Waals surface area contributed by atoms with Crippen LogP contribution in [0, 0.1) is 24.5 Å². The lowest BCUT2D eigenvalue weighted by atomic mass is 9.96. The average Bonchev–Trinajstić information content (AvgIpc) is 3.18. The number of hydrogen-bond acceptors (Lipinski definition) is 8. The minimum Gasteiger partial charge on any atom is -0.445 e. The fourth-order valence-electron chi connectivity index (χ4n) is 6.77. The number of halogens is 2. The van der Waals surface area contributed by atoms with E-state index in [0.29, 0.717) is 47.0 Å². The maximum absolute atomic E-state index is 15.6. The van der Waals surface area contributed by atoms with Crippen molar-refractivity contribution in [1.29, 1.82) is 0 Å². The minimum atomic E-state index is -2.70. The van der Waals surface area contributed by atoms with E-state index in [-0.39, 0.29) is 53.7 Å². The third-order valence-corrected chi connectivity index (χ3v) is 10.0. The van der Waals surface area contributed by atoms with Crippen molar-refractivity contribution in [2.45, 2.75) is 39.5 Å². The number of rotatable bonds is 11. The maximum Gasteiger partial charge on any atom is 0.410 e. The molecule has 1 aliphatic heterocycles. The second-order valence-corrected chi connectivity index (χ2v) is 14.3. The normalized spacial score (nSPS) is 16.1. The van der Waals surface area contributed by atoms with E-state index < -0.39 is 22.9 Å². The molecule has 7 rings (SSSR count). The lowest BCUT2D eigenvalue weighted by Crippen LogP contribution is -2.48. The van der Waals surface area contributed by atoms with Crippen LogP contribution in [-0.2, 0) is 29.2 Å². The Morgan fingerprint density at radius 1 is 0.927 bits per heavy atom. The van der Waals surface area contributed by atoms with Crippen molar-refractivity contribution in [3.63, 3.8) is 0 Å². The SMILES string of the molecule is Cc1ccc2c(N(Cc3ccccc3F)S(=O)O)c(F)ccc2c1Oc1ncccc1-c1ccnc(N[C@H]2C[C@@H](C)CN(C(=O)OCc3ccccc3)C2)n1. The van der Waals surface area contributed by atoms with E-state index >= 15 is 4.39 Å². The fourth-order valence-corrected chi connectivity index (χ4v) is 7.36. The smallest absolute Gasteiger partial charge is 0.410 e. The molecule has 4 aromatic carbocycles. The van der Waals surface area contributed by atoms with Gasteiger partial charge >= 0.3 is 6.09 Å². The van der Waals surface area contributed by atoms with Gasteiger partial charge in [0.15, 0.2) is 0 Å². The number of aromatic nitrogens is 3. The Morgan fingerprint density at radius 2 is 1.71 bits per heavy atom. The molecule has 2 N–H and O–H groups in total. The van der Waals surface area contributed by atoms with Crippen molar-refractivity contribution in [2.24, 2.45) is 5.92 Å². The molecule has 0 bridgehead atoms. The van der Waals surface area contributed by atoms with Gasteiger partial charge in [0.05, 0.1) is 23.5 Å². The van der Waals surface area contributed by atoms with Gasteiger partial charge in [-0.1, -0.05) is 67.6 Å². The first-order valence-electron chi connectivity index (χ1n) is 17.7. The van der Waals surface area contributed by atoms with Crippen LogP contribution < -0.4 is 14.4 Å². The van der Waals surface area contributed by atoms with Crippen molar-refractivity contribution in [3.8, 4) is 22.9 Å². The second-order valence-electron chi connectivity index (χ2n) is 13.4. The molecule has 2 aromatic heterocycles. The number of pyridine rings is 1. The minimum absolute atomic E-state index is 0.124. The van der Waals surface area contributed by atoms with Crippen LogP contribution in [0.4, 0.5) is 25.2 Å². The molecule has 14 heteroatoms. The third kappa shape index (κ3) is 8.55. The number of hydrogen-bond donors (Lipinski definition) is 2. The number of anilines is 2. The largest absolute Gasteiger partial charge is 0.445 e. The molecule has 11 nitrogen and oxygen atoms in total. The Labute approximate surface area is 319 Å². The summed E-state index contributed by atoms with van der Waals surface area (Å²) in [5, 5.41) is 4.12. The number of carbonyl (C=O) groups excluding carboxylic acids is 1. The summed E-state index contributed by atoms with van der Waals surface area (Å²) in [7, 11) is 0. The molecule has 0 saturated carbocycles. The van der Waals surface area contributed by atoms with Crippen molar-refractivity contribution in [1.82, 2.24) is 19.9 Å². The number of likely N-dealkylation sites (tertiary alicyclic amines) is 1. The van der Waals surface area contributed by atoms with Crippen LogP contribution in [0.1, 0.15) is 30.0 Å². The second kappa shape index (κ2) is 16.6. The number of piperidine rings is 1. The molecule has 0 radical (unpaired) electrons. The Bertz CT molecular complexity index is 2350. The van der Waals surface area contributed by atoms with E-state index in [0.717, 1.165) is 16.3 Å². The van der Waals surface area contributed by atoms with Gasteiger partial charge in [-0.15, -0.1) is 0 Å². The Hall–Kier alpha value is -5.99. The van der Waals surface area contributed by atoms with Crippen molar-refractivity contribution >= 4 is 39.8 Å². The van der Waals surface area contributed by atoms with Crippen LogP contribution in [-0.4, -0.2) is 53.8 Å². The highest BCUT2D eigenvalue weighted by atomic mass is 32.2. The molecule has 0 aliphatic carbocycles. The van der Waals surface area contributed by atoms with Crippen LogP contribution in [0.3, 0.4) is 0 Å². The lowest BCUT2D eigenvalue weighted by Gasteiger charge is -2.36. The Balaban J connectivity index is 1.13. The first kappa shape index (κ1) is 37.3. The van der Waals surface area contributed by atoms with Crippen LogP contribution in [0.5, 0.6) is 11.6 Å².